The number of benzene rings is 1. The molecule has 0 fully saturated rings. The Balaban J connectivity index is 2.16. The molecule has 0 unspecified atom stereocenters. The minimum absolute atomic E-state index is 0.214. The molecule has 3 nitrogen and oxygen atoms in total. The first-order valence-corrected chi connectivity index (χ1v) is 7.06. The Bertz CT molecular complexity index is 597. The number of phenolic OH excluding ortho intramolecular Hbond substituents is 1. The van der Waals surface area contributed by atoms with Crippen molar-refractivity contribution in [1.29, 1.82) is 0 Å². The molecule has 0 radical (unpaired) electrons. The molecule has 1 aromatic heterocycles. The molecule has 6 heteroatoms. The number of nitrogens with zero attached hydrogens (tertiary/aromatic N) is 1. The highest BCUT2D eigenvalue weighted by atomic mass is 79.9. The third-order valence-electron chi connectivity index (χ3n) is 2.62. The molecule has 2 rings (SSSR count). The fraction of sp³-hybridized carbons (Fsp3) is 0.154. The van der Waals surface area contributed by atoms with E-state index in [-0.39, 0.29) is 5.75 Å². The highest BCUT2D eigenvalue weighted by Crippen LogP contribution is 2.28. The molecule has 0 aliphatic carbocycles. The van der Waals surface area contributed by atoms with Gasteiger partial charge in [-0.3, -0.25) is 0 Å². The number of anilines is 1. The Labute approximate surface area is 129 Å². The van der Waals surface area contributed by atoms with Crippen molar-refractivity contribution in [3.63, 3.8) is 0 Å². The molecule has 0 atom stereocenters. The lowest BCUT2D eigenvalue weighted by Crippen LogP contribution is -2.03. The molecule has 0 aliphatic heterocycles. The van der Waals surface area contributed by atoms with E-state index in [4.69, 9.17) is 23.2 Å². The fourth-order valence-corrected chi connectivity index (χ4v) is 2.68. The van der Waals surface area contributed by atoms with Crippen LogP contribution in [0.15, 0.2) is 28.7 Å². The van der Waals surface area contributed by atoms with Crippen molar-refractivity contribution in [3.05, 3.63) is 50.2 Å². The second-order valence-corrected chi connectivity index (χ2v) is 5.67. The summed E-state index contributed by atoms with van der Waals surface area (Å²) in [5.41, 5.74) is 2.70. The maximum absolute atomic E-state index is 9.43. The molecule has 0 aliphatic rings. The minimum Gasteiger partial charge on any atom is -0.507 e. The van der Waals surface area contributed by atoms with E-state index in [0.717, 1.165) is 16.8 Å². The number of pyridine rings is 1. The van der Waals surface area contributed by atoms with E-state index in [9.17, 15) is 5.11 Å². The van der Waals surface area contributed by atoms with E-state index >= 15 is 0 Å². The fourth-order valence-electron chi connectivity index (χ4n) is 1.66. The Morgan fingerprint density at radius 2 is 2.05 bits per heavy atom. The van der Waals surface area contributed by atoms with Crippen LogP contribution in [0.5, 0.6) is 5.75 Å². The number of hydrogen-bond donors (Lipinski definition) is 2. The average Bonchev–Trinajstić information content (AvgIpc) is 2.32. The van der Waals surface area contributed by atoms with Crippen LogP contribution in [-0.2, 0) is 6.54 Å². The molecule has 19 heavy (non-hydrogen) atoms. The number of aryl methyl sites for hydroxylation is 1. The minimum atomic E-state index is 0.214. The van der Waals surface area contributed by atoms with Crippen LogP contribution in [0.1, 0.15) is 11.1 Å². The lowest BCUT2D eigenvalue weighted by atomic mass is 10.2. The first-order chi connectivity index (χ1) is 8.97. The first-order valence-electron chi connectivity index (χ1n) is 5.51. The molecule has 2 aromatic rings. The van der Waals surface area contributed by atoms with Gasteiger partial charge in [0, 0.05) is 6.54 Å². The average molecular weight is 362 g/mol. The Morgan fingerprint density at radius 3 is 2.68 bits per heavy atom. The van der Waals surface area contributed by atoms with E-state index in [1.54, 1.807) is 12.1 Å². The monoisotopic (exact) mass is 360 g/mol. The highest BCUT2D eigenvalue weighted by molar-refractivity contribution is 9.10. The van der Waals surface area contributed by atoms with E-state index in [1.807, 2.05) is 19.1 Å². The zero-order valence-corrected chi connectivity index (χ0v) is 13.1. The lowest BCUT2D eigenvalue weighted by molar-refractivity contribution is 0.471. The van der Waals surface area contributed by atoms with Gasteiger partial charge < -0.3 is 10.4 Å². The third-order valence-corrected chi connectivity index (χ3v) is 3.72. The van der Waals surface area contributed by atoms with Gasteiger partial charge in [-0.2, -0.15) is 0 Å². The summed E-state index contributed by atoms with van der Waals surface area (Å²) in [6.45, 7) is 2.48. The molecule has 1 aromatic carbocycles. The van der Waals surface area contributed by atoms with Crippen molar-refractivity contribution in [2.24, 2.45) is 0 Å². The van der Waals surface area contributed by atoms with Crippen molar-refractivity contribution in [2.75, 3.05) is 5.32 Å². The number of aromatic nitrogens is 1. The zero-order chi connectivity index (χ0) is 14.0. The van der Waals surface area contributed by atoms with E-state index in [0.29, 0.717) is 21.3 Å². The van der Waals surface area contributed by atoms with Crippen LogP contribution in [-0.4, -0.2) is 10.1 Å². The Morgan fingerprint density at radius 1 is 1.32 bits per heavy atom. The number of hydrogen-bond acceptors (Lipinski definition) is 3. The Hall–Kier alpha value is -0.970. The van der Waals surface area contributed by atoms with Crippen molar-refractivity contribution in [3.8, 4) is 5.75 Å². The number of rotatable bonds is 3. The molecule has 0 bridgehead atoms. The number of phenols is 1. The van der Waals surface area contributed by atoms with E-state index in [1.165, 1.54) is 0 Å². The quantitative estimate of drug-likeness (QED) is 0.773. The highest BCUT2D eigenvalue weighted by Gasteiger charge is 2.07. The van der Waals surface area contributed by atoms with Gasteiger partial charge in [-0.1, -0.05) is 29.3 Å². The van der Waals surface area contributed by atoms with Gasteiger partial charge in [0.05, 0.1) is 10.2 Å². The van der Waals surface area contributed by atoms with Crippen molar-refractivity contribution < 1.29 is 5.11 Å². The van der Waals surface area contributed by atoms with Crippen LogP contribution < -0.4 is 5.32 Å². The molecule has 100 valence electrons. The first kappa shape index (κ1) is 14.4. The smallest absolute Gasteiger partial charge is 0.154 e. The maximum atomic E-state index is 9.43. The van der Waals surface area contributed by atoms with Crippen LogP contribution in [0.25, 0.3) is 0 Å². The van der Waals surface area contributed by atoms with Gasteiger partial charge in [0.25, 0.3) is 0 Å². The predicted octanol–water partition coefficient (Wildman–Crippen LogP) is 4.78. The summed E-state index contributed by atoms with van der Waals surface area (Å²) >= 11 is 15.1. The predicted molar refractivity (Wildman–Crippen MR) is 82.1 cm³/mol. The molecule has 1 heterocycles. The summed E-state index contributed by atoms with van der Waals surface area (Å²) in [6.07, 6.45) is 0. The molecule has 0 spiro atoms. The number of nitrogens with one attached hydrogen (secondary N) is 1. The van der Waals surface area contributed by atoms with Gasteiger partial charge in [0.2, 0.25) is 0 Å². The SMILES string of the molecule is Cc1cc(Cl)nc(Cl)c1NCc1ccc(O)c(Br)c1. The van der Waals surface area contributed by atoms with Gasteiger partial charge in [-0.15, -0.1) is 0 Å². The summed E-state index contributed by atoms with van der Waals surface area (Å²) in [5.74, 6) is 0.214. The van der Waals surface area contributed by atoms with Crippen LogP contribution in [0.4, 0.5) is 5.69 Å². The molecule has 2 N–H and O–H groups in total. The van der Waals surface area contributed by atoms with Crippen molar-refractivity contribution in [2.45, 2.75) is 13.5 Å². The summed E-state index contributed by atoms with van der Waals surface area (Å²) in [4.78, 5) is 4.00. The summed E-state index contributed by atoms with van der Waals surface area (Å²) in [7, 11) is 0. The summed E-state index contributed by atoms with van der Waals surface area (Å²) < 4.78 is 0.656. The van der Waals surface area contributed by atoms with Crippen molar-refractivity contribution >= 4 is 44.8 Å². The molecule has 0 saturated heterocycles. The van der Waals surface area contributed by atoms with Gasteiger partial charge >= 0.3 is 0 Å². The summed E-state index contributed by atoms with van der Waals surface area (Å²) in [5, 5.41) is 13.4. The van der Waals surface area contributed by atoms with Crippen LogP contribution >= 0.6 is 39.1 Å². The zero-order valence-electron chi connectivity index (χ0n) is 10.0. The largest absolute Gasteiger partial charge is 0.507 e. The normalized spacial score (nSPS) is 10.5. The second kappa shape index (κ2) is 5.99. The number of halogens is 3. The van der Waals surface area contributed by atoms with E-state index in [2.05, 4.69) is 26.2 Å². The number of aromatic hydroxyl groups is 1. The standard InChI is InChI=1S/C13H11BrCl2N2O/c1-7-4-11(15)18-13(16)12(7)17-6-8-2-3-10(19)9(14)5-8/h2-5,17,19H,6H2,1H3. The maximum Gasteiger partial charge on any atom is 0.154 e. The van der Waals surface area contributed by atoms with Gasteiger partial charge in [0.1, 0.15) is 10.9 Å². The molecule has 0 amide bonds. The van der Waals surface area contributed by atoms with E-state index < -0.39 is 0 Å². The summed E-state index contributed by atoms with van der Waals surface area (Å²) in [6, 6.07) is 7.06. The van der Waals surface area contributed by atoms with Crippen molar-refractivity contribution in [1.82, 2.24) is 4.98 Å². The van der Waals surface area contributed by atoms with Crippen LogP contribution in [0.2, 0.25) is 10.3 Å². The van der Waals surface area contributed by atoms with Crippen LogP contribution in [0, 0.1) is 6.92 Å². The van der Waals surface area contributed by atoms with Gasteiger partial charge in [-0.05, 0) is 52.2 Å². The van der Waals surface area contributed by atoms with Gasteiger partial charge in [0.15, 0.2) is 5.15 Å². The lowest BCUT2D eigenvalue weighted by Gasteiger charge is -2.11. The van der Waals surface area contributed by atoms with Gasteiger partial charge in [-0.25, -0.2) is 4.98 Å². The van der Waals surface area contributed by atoms with Crippen LogP contribution in [0.3, 0.4) is 0 Å². The molecular formula is C13H11BrCl2N2O. The molecule has 0 saturated carbocycles. The topological polar surface area (TPSA) is 45.2 Å². The molecular weight excluding hydrogens is 351 g/mol. The second-order valence-electron chi connectivity index (χ2n) is 4.07. The Kier molecular flexibility index (Phi) is 4.55. The third kappa shape index (κ3) is 3.53.